The highest BCUT2D eigenvalue weighted by Crippen LogP contribution is 2.29. The third kappa shape index (κ3) is 8.14. The molecule has 0 aliphatic rings. The first-order valence-electron chi connectivity index (χ1n) is 14.3. The van der Waals surface area contributed by atoms with Crippen molar-refractivity contribution in [2.45, 2.75) is 71.4 Å². The van der Waals surface area contributed by atoms with Gasteiger partial charge < -0.3 is 15.7 Å². The van der Waals surface area contributed by atoms with E-state index in [0.717, 1.165) is 27.1 Å². The summed E-state index contributed by atoms with van der Waals surface area (Å²) in [5.41, 5.74) is 4.74. The summed E-state index contributed by atoms with van der Waals surface area (Å²) in [5, 5.41) is 14.6. The number of carboxylic acid groups (broad SMARTS) is 1. The zero-order valence-electron chi connectivity index (χ0n) is 25.3. The molecular weight excluding hydrogens is 560 g/mol. The number of nitrogens with one attached hydrogen (secondary N) is 2. The Morgan fingerprint density at radius 2 is 1.42 bits per heavy atom. The molecule has 2 aromatic carbocycles. The van der Waals surface area contributed by atoms with Gasteiger partial charge in [-0.1, -0.05) is 83.1 Å². The smallest absolute Gasteiger partial charge is 0.325 e. The predicted molar refractivity (Wildman–Crippen MR) is 170 cm³/mol. The van der Waals surface area contributed by atoms with Crippen LogP contribution < -0.4 is 10.6 Å². The molecule has 0 fully saturated rings. The Morgan fingerprint density at radius 1 is 0.814 bits per heavy atom. The van der Waals surface area contributed by atoms with Crippen LogP contribution >= 0.6 is 11.3 Å². The molecule has 0 spiro atoms. The fraction of sp³-hybridized carbons (Fsp3) is 0.324. The molecule has 2 amide bonds. The molecule has 0 bridgehead atoms. The molecule has 224 valence electrons. The Labute approximate surface area is 256 Å². The minimum absolute atomic E-state index is 0.109. The molecule has 4 aromatic rings. The van der Waals surface area contributed by atoms with E-state index in [1.807, 2.05) is 30.3 Å². The van der Waals surface area contributed by atoms with Crippen LogP contribution in [0.4, 0.5) is 0 Å². The van der Waals surface area contributed by atoms with E-state index in [4.69, 9.17) is 0 Å². The molecule has 3 N–H and O–H groups in total. The summed E-state index contributed by atoms with van der Waals surface area (Å²) >= 11 is 1.38. The fourth-order valence-electron chi connectivity index (χ4n) is 4.39. The SMILES string of the molecule is CC(C)c1ccc(-c2cnc(-c3ccc(C[C@H](NC(=O)c4ccc(C(C)(C)C)s4)C(=O)N[C@H](C)C(=O)O)cc3)nc2)cc1. The van der Waals surface area contributed by atoms with Gasteiger partial charge in [0.05, 0.1) is 4.88 Å². The van der Waals surface area contributed by atoms with Gasteiger partial charge in [-0.05, 0) is 47.1 Å². The summed E-state index contributed by atoms with van der Waals surface area (Å²) in [7, 11) is 0. The van der Waals surface area contributed by atoms with Crippen LogP contribution in [0.25, 0.3) is 22.5 Å². The maximum absolute atomic E-state index is 13.1. The number of hydrogen-bond acceptors (Lipinski definition) is 6. The molecular formula is C34H38N4O4S. The van der Waals surface area contributed by atoms with Crippen LogP contribution in [0.1, 0.15) is 73.1 Å². The van der Waals surface area contributed by atoms with E-state index in [9.17, 15) is 19.5 Å². The lowest BCUT2D eigenvalue weighted by atomic mass is 9.95. The number of rotatable bonds is 10. The number of carbonyl (C=O) groups excluding carboxylic acids is 2. The van der Waals surface area contributed by atoms with E-state index in [1.165, 1.54) is 23.8 Å². The van der Waals surface area contributed by atoms with Crippen molar-refractivity contribution < 1.29 is 19.5 Å². The Morgan fingerprint density at radius 3 is 1.95 bits per heavy atom. The minimum Gasteiger partial charge on any atom is -0.480 e. The van der Waals surface area contributed by atoms with E-state index >= 15 is 0 Å². The molecule has 2 atom stereocenters. The first-order valence-corrected chi connectivity index (χ1v) is 15.1. The third-order valence-corrected chi connectivity index (χ3v) is 8.64. The van der Waals surface area contributed by atoms with Crippen LogP contribution in [0.15, 0.2) is 73.1 Å². The number of amides is 2. The van der Waals surface area contributed by atoms with Gasteiger partial charge in [-0.25, -0.2) is 9.97 Å². The summed E-state index contributed by atoms with van der Waals surface area (Å²) in [6.45, 7) is 11.9. The van der Waals surface area contributed by atoms with E-state index in [0.29, 0.717) is 16.6 Å². The Bertz CT molecular complexity index is 1570. The fourth-order valence-corrected chi connectivity index (χ4v) is 5.36. The summed E-state index contributed by atoms with van der Waals surface area (Å²) in [6, 6.07) is 17.4. The van der Waals surface area contributed by atoms with Gasteiger partial charge in [0.25, 0.3) is 5.91 Å². The number of hydrogen-bond donors (Lipinski definition) is 3. The van der Waals surface area contributed by atoms with Crippen molar-refractivity contribution in [3.05, 3.63) is 93.9 Å². The average Bonchev–Trinajstić information content (AvgIpc) is 3.49. The minimum atomic E-state index is -1.16. The number of benzene rings is 2. The van der Waals surface area contributed by atoms with Crippen LogP contribution in [-0.4, -0.2) is 44.9 Å². The molecule has 2 aromatic heterocycles. The normalized spacial score (nSPS) is 12.9. The van der Waals surface area contributed by atoms with Crippen LogP contribution in [0, 0.1) is 0 Å². The highest BCUT2D eigenvalue weighted by molar-refractivity contribution is 7.14. The van der Waals surface area contributed by atoms with Gasteiger partial charge in [0.15, 0.2) is 5.82 Å². The number of carboxylic acids is 1. The van der Waals surface area contributed by atoms with Crippen molar-refractivity contribution in [3.63, 3.8) is 0 Å². The second-order valence-corrected chi connectivity index (χ2v) is 13.1. The lowest BCUT2D eigenvalue weighted by Gasteiger charge is -2.20. The van der Waals surface area contributed by atoms with Gasteiger partial charge >= 0.3 is 5.97 Å². The summed E-state index contributed by atoms with van der Waals surface area (Å²) in [4.78, 5) is 48.2. The second kappa shape index (κ2) is 13.3. The van der Waals surface area contributed by atoms with E-state index in [2.05, 4.69) is 79.5 Å². The zero-order chi connectivity index (χ0) is 31.3. The molecule has 9 heteroatoms. The molecule has 0 aliphatic carbocycles. The lowest BCUT2D eigenvalue weighted by Crippen LogP contribution is -2.51. The first-order chi connectivity index (χ1) is 20.3. The topological polar surface area (TPSA) is 121 Å². The third-order valence-electron chi connectivity index (χ3n) is 7.13. The molecule has 4 rings (SSSR count). The number of aliphatic carboxylic acids is 1. The van der Waals surface area contributed by atoms with E-state index in [-0.39, 0.29) is 17.7 Å². The van der Waals surface area contributed by atoms with Crippen molar-refractivity contribution >= 4 is 29.1 Å². The maximum atomic E-state index is 13.1. The quantitative estimate of drug-likeness (QED) is 0.199. The molecule has 0 radical (unpaired) electrons. The van der Waals surface area contributed by atoms with E-state index in [1.54, 1.807) is 18.5 Å². The summed E-state index contributed by atoms with van der Waals surface area (Å²) in [5.74, 6) is -1.07. The molecule has 0 unspecified atom stereocenters. The van der Waals surface area contributed by atoms with Gasteiger partial charge in [-0.3, -0.25) is 14.4 Å². The Balaban J connectivity index is 1.49. The second-order valence-electron chi connectivity index (χ2n) is 12.0. The standard InChI is InChI=1S/C34H38N4O4S/c1-20(2)23-11-13-24(14-12-23)26-18-35-30(36-19-26)25-9-7-22(8-10-25)17-27(31(39)37-21(3)33(41)42)38-32(40)28-15-16-29(43-28)34(4,5)6/h7-16,18-21,27H,17H2,1-6H3,(H,37,39)(H,38,40)(H,41,42)/t21-,27+/m1/s1. The first kappa shape index (κ1) is 31.6. The van der Waals surface area contributed by atoms with Crippen molar-refractivity contribution in [2.24, 2.45) is 0 Å². The number of aromatic nitrogens is 2. The Kier molecular flexibility index (Phi) is 9.76. The molecule has 0 saturated carbocycles. The van der Waals surface area contributed by atoms with Gasteiger partial charge in [0, 0.05) is 34.8 Å². The summed E-state index contributed by atoms with van der Waals surface area (Å²) < 4.78 is 0. The molecule has 43 heavy (non-hydrogen) atoms. The number of thiophene rings is 1. The monoisotopic (exact) mass is 598 g/mol. The summed E-state index contributed by atoms with van der Waals surface area (Å²) in [6.07, 6.45) is 3.78. The highest BCUT2D eigenvalue weighted by Gasteiger charge is 2.26. The molecule has 0 saturated heterocycles. The molecule has 8 nitrogen and oxygen atoms in total. The van der Waals surface area contributed by atoms with Gasteiger partial charge in [-0.2, -0.15) is 0 Å². The molecule has 2 heterocycles. The van der Waals surface area contributed by atoms with Gasteiger partial charge in [-0.15, -0.1) is 11.3 Å². The van der Waals surface area contributed by atoms with Crippen LogP contribution in [-0.2, 0) is 21.4 Å². The number of carbonyl (C=O) groups is 3. The van der Waals surface area contributed by atoms with Crippen LogP contribution in [0.5, 0.6) is 0 Å². The predicted octanol–water partition coefficient (Wildman–Crippen LogP) is 6.22. The van der Waals surface area contributed by atoms with E-state index < -0.39 is 24.0 Å². The van der Waals surface area contributed by atoms with Gasteiger partial charge in [0.1, 0.15) is 12.1 Å². The maximum Gasteiger partial charge on any atom is 0.325 e. The average molecular weight is 599 g/mol. The zero-order valence-corrected chi connectivity index (χ0v) is 26.2. The van der Waals surface area contributed by atoms with Crippen molar-refractivity contribution in [2.75, 3.05) is 0 Å². The van der Waals surface area contributed by atoms with Crippen LogP contribution in [0.3, 0.4) is 0 Å². The van der Waals surface area contributed by atoms with Crippen LogP contribution in [0.2, 0.25) is 0 Å². The van der Waals surface area contributed by atoms with Crippen molar-refractivity contribution in [3.8, 4) is 22.5 Å². The Hall–Kier alpha value is -4.37. The lowest BCUT2D eigenvalue weighted by molar-refractivity contribution is -0.141. The molecule has 0 aliphatic heterocycles. The number of nitrogens with zero attached hydrogens (tertiary/aromatic N) is 2. The van der Waals surface area contributed by atoms with Crippen molar-refractivity contribution in [1.82, 2.24) is 20.6 Å². The van der Waals surface area contributed by atoms with Crippen molar-refractivity contribution in [1.29, 1.82) is 0 Å². The van der Waals surface area contributed by atoms with Gasteiger partial charge in [0.2, 0.25) is 5.91 Å². The highest BCUT2D eigenvalue weighted by atomic mass is 32.1. The largest absolute Gasteiger partial charge is 0.480 e.